The molecule has 1 N–H and O–H groups in total. The molecule has 1 aromatic heterocycles. The Balaban J connectivity index is 1.44. The van der Waals surface area contributed by atoms with Gasteiger partial charge in [-0.2, -0.15) is 0 Å². The number of carbonyl (C=O) groups excluding carboxylic acids is 1. The van der Waals surface area contributed by atoms with Crippen molar-refractivity contribution in [2.24, 2.45) is 0 Å². The van der Waals surface area contributed by atoms with Gasteiger partial charge < -0.3 is 4.42 Å². The lowest BCUT2D eigenvalue weighted by molar-refractivity contribution is -0.131. The Labute approximate surface area is 131 Å². The number of hydroxylamine groups is 1. The van der Waals surface area contributed by atoms with E-state index in [1.807, 2.05) is 54.6 Å². The fourth-order valence-corrected chi connectivity index (χ4v) is 2.47. The molecule has 5 nitrogen and oxygen atoms in total. The molecule has 6 heteroatoms. The largest absolute Gasteiger partial charge is 0.431 e. The highest BCUT2D eigenvalue weighted by molar-refractivity contribution is 7.99. The first-order valence-corrected chi connectivity index (χ1v) is 7.73. The number of fused-ring (bicyclic) bond motifs is 1. The van der Waals surface area contributed by atoms with Crippen molar-refractivity contribution in [2.75, 3.05) is 5.75 Å². The van der Waals surface area contributed by atoms with Gasteiger partial charge in [0.05, 0.1) is 12.4 Å². The van der Waals surface area contributed by atoms with Gasteiger partial charge in [-0.25, -0.2) is 10.5 Å². The molecule has 0 radical (unpaired) electrons. The van der Waals surface area contributed by atoms with E-state index in [0.29, 0.717) is 17.4 Å². The van der Waals surface area contributed by atoms with Crippen LogP contribution in [-0.2, 0) is 16.2 Å². The van der Waals surface area contributed by atoms with Crippen LogP contribution in [0.15, 0.2) is 64.2 Å². The predicted octanol–water partition coefficient (Wildman–Crippen LogP) is 3.17. The van der Waals surface area contributed by atoms with Gasteiger partial charge in [-0.15, -0.1) is 0 Å². The Morgan fingerprint density at radius 3 is 2.73 bits per heavy atom. The zero-order chi connectivity index (χ0) is 15.2. The second kappa shape index (κ2) is 7.11. The number of aromatic nitrogens is 1. The maximum atomic E-state index is 11.7. The van der Waals surface area contributed by atoms with E-state index in [9.17, 15) is 4.79 Å². The molecule has 0 bridgehead atoms. The Bertz CT molecular complexity index is 725. The van der Waals surface area contributed by atoms with Crippen LogP contribution in [-0.4, -0.2) is 16.6 Å². The number of nitrogens with one attached hydrogen (secondary N) is 1. The number of oxazole rings is 1. The lowest BCUT2D eigenvalue weighted by atomic mass is 10.2. The topological polar surface area (TPSA) is 64.4 Å². The van der Waals surface area contributed by atoms with Crippen molar-refractivity contribution in [3.8, 4) is 0 Å². The standard InChI is InChI=1S/C16H14N2O3S/c19-15(18-20-10-12-6-2-1-3-7-12)11-22-16-17-13-8-4-5-9-14(13)21-16/h1-9H,10-11H2,(H,18,19). The lowest BCUT2D eigenvalue weighted by Crippen LogP contribution is -2.25. The highest BCUT2D eigenvalue weighted by Gasteiger charge is 2.09. The van der Waals surface area contributed by atoms with Gasteiger partial charge in [-0.05, 0) is 17.7 Å². The van der Waals surface area contributed by atoms with E-state index in [0.717, 1.165) is 11.1 Å². The Kier molecular flexibility index (Phi) is 4.72. The summed E-state index contributed by atoms with van der Waals surface area (Å²) in [7, 11) is 0. The van der Waals surface area contributed by atoms with Gasteiger partial charge in [-0.3, -0.25) is 9.63 Å². The summed E-state index contributed by atoms with van der Waals surface area (Å²) >= 11 is 1.23. The number of carbonyl (C=O) groups is 1. The van der Waals surface area contributed by atoms with Crippen LogP contribution in [0.25, 0.3) is 11.1 Å². The third-order valence-electron chi connectivity index (χ3n) is 2.87. The fraction of sp³-hybridized carbons (Fsp3) is 0.125. The van der Waals surface area contributed by atoms with Crippen LogP contribution in [0.3, 0.4) is 0 Å². The summed E-state index contributed by atoms with van der Waals surface area (Å²) < 4.78 is 5.52. The summed E-state index contributed by atoms with van der Waals surface area (Å²) in [6.07, 6.45) is 0. The first-order chi connectivity index (χ1) is 10.8. The fourth-order valence-electron chi connectivity index (χ4n) is 1.84. The summed E-state index contributed by atoms with van der Waals surface area (Å²) in [5.41, 5.74) is 4.90. The van der Waals surface area contributed by atoms with Crippen LogP contribution in [0.5, 0.6) is 0 Å². The van der Waals surface area contributed by atoms with E-state index >= 15 is 0 Å². The molecule has 0 aliphatic heterocycles. The molecule has 0 aliphatic carbocycles. The Hall–Kier alpha value is -2.31. The average molecular weight is 314 g/mol. The highest BCUT2D eigenvalue weighted by Crippen LogP contribution is 2.22. The number of nitrogens with zero attached hydrogens (tertiary/aromatic N) is 1. The van der Waals surface area contributed by atoms with Crippen molar-refractivity contribution < 1.29 is 14.0 Å². The van der Waals surface area contributed by atoms with Crippen molar-refractivity contribution in [2.45, 2.75) is 11.8 Å². The first-order valence-electron chi connectivity index (χ1n) is 6.74. The van der Waals surface area contributed by atoms with Gasteiger partial charge >= 0.3 is 0 Å². The predicted molar refractivity (Wildman–Crippen MR) is 84.1 cm³/mol. The van der Waals surface area contributed by atoms with Gasteiger partial charge in [0, 0.05) is 0 Å². The third kappa shape index (κ3) is 3.87. The smallest absolute Gasteiger partial charge is 0.257 e. The van der Waals surface area contributed by atoms with Crippen molar-refractivity contribution in [3.05, 3.63) is 60.2 Å². The van der Waals surface area contributed by atoms with Crippen LogP contribution in [0, 0.1) is 0 Å². The van der Waals surface area contributed by atoms with Crippen LogP contribution in [0.1, 0.15) is 5.56 Å². The number of rotatable bonds is 6. The SMILES string of the molecule is O=C(CSc1nc2ccccc2o1)NOCc1ccccc1. The summed E-state index contributed by atoms with van der Waals surface area (Å²) in [6.45, 7) is 0.333. The molecule has 1 heterocycles. The average Bonchev–Trinajstić information content (AvgIpc) is 2.97. The first kappa shape index (κ1) is 14.6. The van der Waals surface area contributed by atoms with E-state index < -0.39 is 0 Å². The van der Waals surface area contributed by atoms with Gasteiger partial charge in [0.1, 0.15) is 5.52 Å². The Morgan fingerprint density at radius 1 is 1.14 bits per heavy atom. The van der Waals surface area contributed by atoms with E-state index in [4.69, 9.17) is 9.25 Å². The molecule has 112 valence electrons. The number of thioether (sulfide) groups is 1. The summed E-state index contributed by atoms with van der Waals surface area (Å²) in [5.74, 6) is -0.0510. The molecule has 0 spiro atoms. The minimum absolute atomic E-state index is 0.182. The van der Waals surface area contributed by atoms with Gasteiger partial charge in [-0.1, -0.05) is 54.2 Å². The molecule has 0 saturated heterocycles. The number of para-hydroxylation sites is 2. The molecule has 22 heavy (non-hydrogen) atoms. The highest BCUT2D eigenvalue weighted by atomic mass is 32.2. The normalized spacial score (nSPS) is 10.7. The van der Waals surface area contributed by atoms with Gasteiger partial charge in [0.15, 0.2) is 5.58 Å². The van der Waals surface area contributed by atoms with E-state index in [-0.39, 0.29) is 11.7 Å². The molecular formula is C16H14N2O3S. The van der Waals surface area contributed by atoms with Crippen LogP contribution in [0.4, 0.5) is 0 Å². The van der Waals surface area contributed by atoms with E-state index in [2.05, 4.69) is 10.5 Å². The maximum absolute atomic E-state index is 11.7. The summed E-state index contributed by atoms with van der Waals surface area (Å²) in [5, 5.41) is 0.472. The van der Waals surface area contributed by atoms with Gasteiger partial charge in [0.25, 0.3) is 11.1 Å². The quantitative estimate of drug-likeness (QED) is 0.559. The molecule has 0 unspecified atom stereocenters. The molecule has 0 saturated carbocycles. The zero-order valence-corrected chi connectivity index (χ0v) is 12.5. The van der Waals surface area contributed by atoms with E-state index in [1.54, 1.807) is 0 Å². The monoisotopic (exact) mass is 314 g/mol. The number of benzene rings is 2. The second-order valence-electron chi connectivity index (χ2n) is 4.54. The van der Waals surface area contributed by atoms with Crippen LogP contribution in [0.2, 0.25) is 0 Å². The third-order valence-corrected chi connectivity index (χ3v) is 3.70. The molecule has 0 atom stereocenters. The zero-order valence-electron chi connectivity index (χ0n) is 11.7. The molecular weight excluding hydrogens is 300 g/mol. The molecule has 1 amide bonds. The second-order valence-corrected chi connectivity index (χ2v) is 5.46. The van der Waals surface area contributed by atoms with Crippen molar-refractivity contribution in [1.82, 2.24) is 10.5 Å². The molecule has 0 aliphatic rings. The molecule has 3 rings (SSSR count). The van der Waals surface area contributed by atoms with Crippen molar-refractivity contribution in [1.29, 1.82) is 0 Å². The minimum Gasteiger partial charge on any atom is -0.431 e. The summed E-state index contributed by atoms with van der Waals surface area (Å²) in [6, 6.07) is 17.1. The van der Waals surface area contributed by atoms with Gasteiger partial charge in [0.2, 0.25) is 0 Å². The van der Waals surface area contributed by atoms with Crippen molar-refractivity contribution >= 4 is 28.8 Å². The van der Waals surface area contributed by atoms with Crippen molar-refractivity contribution in [3.63, 3.8) is 0 Å². The van der Waals surface area contributed by atoms with E-state index in [1.165, 1.54) is 11.8 Å². The Morgan fingerprint density at radius 2 is 1.91 bits per heavy atom. The summed E-state index contributed by atoms with van der Waals surface area (Å²) in [4.78, 5) is 21.1. The number of amides is 1. The molecule has 0 fully saturated rings. The number of hydrogen-bond donors (Lipinski definition) is 1. The molecule has 3 aromatic rings. The maximum Gasteiger partial charge on any atom is 0.257 e. The minimum atomic E-state index is -0.233. The molecule has 2 aromatic carbocycles. The van der Waals surface area contributed by atoms with Crippen LogP contribution >= 0.6 is 11.8 Å². The van der Waals surface area contributed by atoms with Crippen LogP contribution < -0.4 is 5.48 Å². The number of hydrogen-bond acceptors (Lipinski definition) is 5. The lowest BCUT2D eigenvalue weighted by Gasteiger charge is -2.04.